The number of urea groups is 2. The molecule has 0 atom stereocenters. The van der Waals surface area contributed by atoms with Crippen molar-refractivity contribution in [2.45, 2.75) is 13.8 Å². The number of ether oxygens (including phenoxy) is 3. The Labute approximate surface area is 260 Å². The summed E-state index contributed by atoms with van der Waals surface area (Å²) >= 11 is 0. The number of aryl methyl sites for hydroxylation is 2. The molecular formula is C31H28F4N4O7. The normalized spacial score (nSPS) is 10.6. The maximum atomic E-state index is 14.7. The van der Waals surface area contributed by atoms with Crippen LogP contribution in [0.1, 0.15) is 11.1 Å². The maximum absolute atomic E-state index is 14.7. The first-order chi connectivity index (χ1) is 21.8. The molecule has 46 heavy (non-hydrogen) atoms. The van der Waals surface area contributed by atoms with Crippen molar-refractivity contribution in [1.82, 2.24) is 0 Å². The number of methoxy groups -OCH3 is 3. The summed E-state index contributed by atoms with van der Waals surface area (Å²) in [7, 11) is 3.96. The fraction of sp³-hybridized carbons (Fsp3) is 0.161. The molecule has 242 valence electrons. The molecule has 0 saturated carbocycles. The van der Waals surface area contributed by atoms with Crippen molar-refractivity contribution in [3.05, 3.63) is 89.0 Å². The Morgan fingerprint density at radius 3 is 1.41 bits per heavy atom. The highest BCUT2D eigenvalue weighted by Gasteiger charge is 2.33. The molecule has 0 aliphatic rings. The summed E-state index contributed by atoms with van der Waals surface area (Å²) in [4.78, 5) is 28.1. The summed E-state index contributed by atoms with van der Waals surface area (Å²) in [5.41, 5.74) is -0.0561. The van der Waals surface area contributed by atoms with E-state index in [4.69, 9.17) is 14.2 Å². The average Bonchev–Trinajstić information content (AvgIpc) is 3.01. The summed E-state index contributed by atoms with van der Waals surface area (Å²) in [6.45, 7) is 3.32. The van der Waals surface area contributed by atoms with Crippen molar-refractivity contribution < 1.29 is 51.6 Å². The van der Waals surface area contributed by atoms with Gasteiger partial charge in [-0.05, 0) is 25.0 Å². The van der Waals surface area contributed by atoms with Crippen LogP contribution < -0.4 is 34.9 Å². The molecule has 0 fully saturated rings. The van der Waals surface area contributed by atoms with Gasteiger partial charge < -0.3 is 35.1 Å². The maximum Gasteiger partial charge on any atom is 0.345 e. The third kappa shape index (κ3) is 6.47. The summed E-state index contributed by atoms with van der Waals surface area (Å²) in [5.74, 6) is -8.52. The lowest BCUT2D eigenvalue weighted by molar-refractivity contribution is 0.248. The summed E-state index contributed by atoms with van der Waals surface area (Å²) in [6, 6.07) is 7.18. The van der Waals surface area contributed by atoms with Crippen molar-refractivity contribution in [3.8, 4) is 28.7 Å². The highest BCUT2D eigenvalue weighted by atomic mass is 19.1. The van der Waals surface area contributed by atoms with Gasteiger partial charge >= 0.3 is 12.1 Å². The minimum Gasteiger partial charge on any atom is -0.503 e. The van der Waals surface area contributed by atoms with Crippen molar-refractivity contribution in [2.24, 2.45) is 0 Å². The Hall–Kier alpha value is -5.86. The summed E-state index contributed by atoms with van der Waals surface area (Å²) in [6.07, 6.45) is 0. The van der Waals surface area contributed by atoms with Crippen LogP contribution in [0.25, 0.3) is 0 Å². The number of nitrogens with zero attached hydrogens (tertiary/aromatic N) is 2. The second-order valence-electron chi connectivity index (χ2n) is 9.68. The average molecular weight is 645 g/mol. The van der Waals surface area contributed by atoms with Crippen molar-refractivity contribution in [3.63, 3.8) is 0 Å². The number of carbonyl (C=O) groups is 2. The molecule has 0 aliphatic heterocycles. The zero-order chi connectivity index (χ0) is 33.9. The second kappa shape index (κ2) is 13.4. The van der Waals surface area contributed by atoms with Gasteiger partial charge in [-0.3, -0.25) is 0 Å². The van der Waals surface area contributed by atoms with E-state index in [1.165, 1.54) is 33.5 Å². The van der Waals surface area contributed by atoms with Crippen LogP contribution in [0.4, 0.5) is 49.9 Å². The Bertz CT molecular complexity index is 1730. The van der Waals surface area contributed by atoms with Gasteiger partial charge in [-0.15, -0.1) is 0 Å². The Kier molecular flexibility index (Phi) is 9.64. The zero-order valence-electron chi connectivity index (χ0n) is 25.0. The van der Waals surface area contributed by atoms with Crippen molar-refractivity contribution >= 4 is 34.8 Å². The highest BCUT2D eigenvalue weighted by Crippen LogP contribution is 2.40. The van der Waals surface area contributed by atoms with Crippen LogP contribution in [0, 0.1) is 37.1 Å². The number of aromatic hydroxyl groups is 2. The largest absolute Gasteiger partial charge is 0.503 e. The summed E-state index contributed by atoms with van der Waals surface area (Å²) < 4.78 is 74.7. The molecule has 4 aromatic rings. The predicted molar refractivity (Wildman–Crippen MR) is 161 cm³/mol. The predicted octanol–water partition coefficient (Wildman–Crippen LogP) is 6.99. The molecule has 0 heterocycles. The molecule has 0 saturated heterocycles. The minimum atomic E-state index is -1.53. The number of anilines is 4. The van der Waals surface area contributed by atoms with Gasteiger partial charge in [0.2, 0.25) is 5.75 Å². The van der Waals surface area contributed by atoms with Crippen LogP contribution in [-0.4, -0.2) is 43.6 Å². The first-order valence-corrected chi connectivity index (χ1v) is 13.3. The van der Waals surface area contributed by atoms with E-state index in [9.17, 15) is 37.4 Å². The fourth-order valence-corrected chi connectivity index (χ4v) is 4.50. The van der Waals surface area contributed by atoms with E-state index in [-0.39, 0.29) is 28.6 Å². The number of nitrogens with one attached hydrogen (secondary N) is 2. The number of benzene rings is 4. The van der Waals surface area contributed by atoms with E-state index < -0.39 is 58.2 Å². The molecule has 4 aromatic carbocycles. The molecule has 4 N–H and O–H groups in total. The number of rotatable bonds is 7. The van der Waals surface area contributed by atoms with E-state index in [1.54, 1.807) is 32.0 Å². The number of amides is 4. The SMILES string of the molecule is COc1cc(NC(=O)N(c2cc(F)c(O)c(F)c2)N(C(=O)Nc2c(C)cccc2C)c2cc(F)c(O)c(F)c2)cc(OC)c1OC. The van der Waals surface area contributed by atoms with Crippen LogP contribution in [0.3, 0.4) is 0 Å². The number of halogens is 4. The molecule has 0 bridgehead atoms. The quantitative estimate of drug-likeness (QED) is 0.126. The van der Waals surface area contributed by atoms with Crippen molar-refractivity contribution in [2.75, 3.05) is 42.0 Å². The summed E-state index contributed by atoms with van der Waals surface area (Å²) in [5, 5.41) is 25.2. The van der Waals surface area contributed by atoms with Crippen LogP contribution in [0.5, 0.6) is 28.7 Å². The molecule has 4 rings (SSSR count). The smallest absolute Gasteiger partial charge is 0.345 e. The monoisotopic (exact) mass is 644 g/mol. The van der Waals surface area contributed by atoms with Gasteiger partial charge in [0.05, 0.1) is 38.4 Å². The van der Waals surface area contributed by atoms with Gasteiger partial charge in [-0.1, -0.05) is 18.2 Å². The third-order valence-corrected chi connectivity index (χ3v) is 6.71. The number of hydrogen-bond donors (Lipinski definition) is 4. The standard InChI is InChI=1S/C31H28F4N4O7/c1-15-7-6-8-16(2)26(15)37-31(43)39(19-13-22(34)28(41)23(35)14-19)38(18-11-20(32)27(40)21(33)12-18)30(42)36-17-9-24(44-3)29(46-5)25(10-17)45-4/h6-14,40-41H,1-5H3,(H,36,42)(H,37,43). The van der Waals surface area contributed by atoms with E-state index in [0.717, 1.165) is 0 Å². The lowest BCUT2D eigenvalue weighted by Crippen LogP contribution is -2.54. The zero-order valence-corrected chi connectivity index (χ0v) is 25.0. The number of para-hydroxylation sites is 1. The van der Waals surface area contributed by atoms with Gasteiger partial charge in [0.25, 0.3) is 0 Å². The van der Waals surface area contributed by atoms with E-state index >= 15 is 0 Å². The van der Waals surface area contributed by atoms with E-state index in [0.29, 0.717) is 45.4 Å². The molecule has 4 amide bonds. The molecular weight excluding hydrogens is 616 g/mol. The molecule has 15 heteroatoms. The molecule has 11 nitrogen and oxygen atoms in total. The Morgan fingerprint density at radius 2 is 1.04 bits per heavy atom. The van der Waals surface area contributed by atoms with Crippen LogP contribution in [0.2, 0.25) is 0 Å². The third-order valence-electron chi connectivity index (χ3n) is 6.71. The molecule has 0 aliphatic carbocycles. The first-order valence-electron chi connectivity index (χ1n) is 13.3. The second-order valence-corrected chi connectivity index (χ2v) is 9.68. The molecule has 0 radical (unpaired) electrons. The van der Waals surface area contributed by atoms with E-state index in [2.05, 4.69) is 10.6 Å². The fourth-order valence-electron chi connectivity index (χ4n) is 4.50. The highest BCUT2D eigenvalue weighted by molar-refractivity contribution is 6.13. The van der Waals surface area contributed by atoms with Crippen molar-refractivity contribution in [1.29, 1.82) is 0 Å². The van der Waals surface area contributed by atoms with Gasteiger partial charge in [-0.2, -0.15) is 10.0 Å². The number of carbonyl (C=O) groups excluding carboxylic acids is 2. The lowest BCUT2D eigenvalue weighted by atomic mass is 10.1. The topological polar surface area (TPSA) is 133 Å². The number of hydrazine groups is 1. The van der Waals surface area contributed by atoms with Crippen LogP contribution >= 0.6 is 0 Å². The van der Waals surface area contributed by atoms with Gasteiger partial charge in [-0.25, -0.2) is 27.2 Å². The van der Waals surface area contributed by atoms with Gasteiger partial charge in [0, 0.05) is 42.1 Å². The number of phenolic OH excluding ortho intramolecular Hbond substituents is 2. The number of hydrogen-bond acceptors (Lipinski definition) is 7. The molecule has 0 spiro atoms. The molecule has 0 unspecified atom stereocenters. The first kappa shape index (κ1) is 33.0. The van der Waals surface area contributed by atoms with Crippen LogP contribution in [-0.2, 0) is 0 Å². The van der Waals surface area contributed by atoms with Gasteiger partial charge in [0.1, 0.15) is 0 Å². The lowest BCUT2D eigenvalue weighted by Gasteiger charge is -2.35. The Balaban J connectivity index is 1.96. The van der Waals surface area contributed by atoms with E-state index in [1.807, 2.05) is 0 Å². The number of phenols is 2. The molecule has 0 aromatic heterocycles. The van der Waals surface area contributed by atoms with Gasteiger partial charge in [0.15, 0.2) is 46.3 Å². The Morgan fingerprint density at radius 1 is 0.652 bits per heavy atom. The van der Waals surface area contributed by atoms with Crippen LogP contribution in [0.15, 0.2) is 54.6 Å². The minimum absolute atomic E-state index is 0.0394.